The SMILES string of the molecule is CCNC(=O)c1cnn2c(-c3ccc(Cl)cc3)c(-c3ccccc3Cl)cnc12. The maximum absolute atomic E-state index is 12.4. The van der Waals surface area contributed by atoms with E-state index in [0.29, 0.717) is 27.8 Å². The molecule has 0 aliphatic carbocycles. The zero-order chi connectivity index (χ0) is 19.7. The molecule has 0 aliphatic heterocycles. The monoisotopic (exact) mass is 410 g/mol. The number of fused-ring (bicyclic) bond motifs is 1. The number of carbonyl (C=O) groups is 1. The number of hydrogen-bond donors (Lipinski definition) is 1. The van der Waals surface area contributed by atoms with Crippen molar-refractivity contribution in [2.24, 2.45) is 0 Å². The third-order valence-electron chi connectivity index (χ3n) is 4.39. The van der Waals surface area contributed by atoms with Crippen LogP contribution in [0.25, 0.3) is 28.0 Å². The van der Waals surface area contributed by atoms with Gasteiger partial charge in [0.1, 0.15) is 5.56 Å². The second-order valence-corrected chi connectivity index (χ2v) is 7.00. The summed E-state index contributed by atoms with van der Waals surface area (Å²) in [5, 5.41) is 8.49. The minimum absolute atomic E-state index is 0.211. The largest absolute Gasteiger partial charge is 0.352 e. The Bertz CT molecular complexity index is 1170. The molecule has 4 aromatic rings. The van der Waals surface area contributed by atoms with Gasteiger partial charge in [0.2, 0.25) is 0 Å². The minimum atomic E-state index is -0.211. The summed E-state index contributed by atoms with van der Waals surface area (Å²) in [6, 6.07) is 15.0. The van der Waals surface area contributed by atoms with E-state index in [-0.39, 0.29) is 5.91 Å². The molecule has 0 aliphatic rings. The summed E-state index contributed by atoms with van der Waals surface area (Å²) in [6.07, 6.45) is 3.26. The number of amides is 1. The van der Waals surface area contributed by atoms with E-state index in [1.54, 1.807) is 10.7 Å². The van der Waals surface area contributed by atoms with Crippen LogP contribution in [-0.4, -0.2) is 27.0 Å². The summed E-state index contributed by atoms with van der Waals surface area (Å²) in [6.45, 7) is 2.39. The Hall–Kier alpha value is -2.89. The lowest BCUT2D eigenvalue weighted by Gasteiger charge is -2.13. The standard InChI is InChI=1S/C21H16Cl2N4O/c1-2-24-21(28)17-12-26-27-19(13-7-9-14(22)10-8-13)16(11-25-20(17)27)15-5-3-4-6-18(15)23/h3-12H,2H2,1H3,(H,24,28). The smallest absolute Gasteiger partial charge is 0.256 e. The summed E-state index contributed by atoms with van der Waals surface area (Å²) < 4.78 is 1.67. The van der Waals surface area contributed by atoms with Crippen LogP contribution in [0.1, 0.15) is 17.3 Å². The van der Waals surface area contributed by atoms with E-state index in [0.717, 1.165) is 22.4 Å². The number of rotatable bonds is 4. The third kappa shape index (κ3) is 3.23. The van der Waals surface area contributed by atoms with Gasteiger partial charge in [-0.25, -0.2) is 9.50 Å². The number of halogens is 2. The topological polar surface area (TPSA) is 59.3 Å². The van der Waals surface area contributed by atoms with Crippen molar-refractivity contribution < 1.29 is 4.79 Å². The van der Waals surface area contributed by atoms with Gasteiger partial charge in [-0.1, -0.05) is 53.5 Å². The molecule has 5 nitrogen and oxygen atoms in total. The van der Waals surface area contributed by atoms with Crippen LogP contribution in [0.4, 0.5) is 0 Å². The molecule has 0 radical (unpaired) electrons. The Labute approximate surface area is 171 Å². The molecule has 2 heterocycles. The van der Waals surface area contributed by atoms with Crippen LogP contribution in [0.15, 0.2) is 60.9 Å². The van der Waals surface area contributed by atoms with Crippen molar-refractivity contribution in [3.63, 3.8) is 0 Å². The Morgan fingerprint density at radius 3 is 2.50 bits per heavy atom. The molecular formula is C21H16Cl2N4O. The summed E-state index contributed by atoms with van der Waals surface area (Å²) >= 11 is 12.5. The Morgan fingerprint density at radius 1 is 1.04 bits per heavy atom. The average Bonchev–Trinajstić information content (AvgIpc) is 3.13. The highest BCUT2D eigenvalue weighted by molar-refractivity contribution is 6.33. The van der Waals surface area contributed by atoms with Gasteiger partial charge in [-0.05, 0) is 25.1 Å². The molecule has 1 N–H and O–H groups in total. The predicted molar refractivity (Wildman–Crippen MR) is 112 cm³/mol. The van der Waals surface area contributed by atoms with Crippen molar-refractivity contribution in [3.05, 3.63) is 76.5 Å². The van der Waals surface area contributed by atoms with Crippen LogP contribution in [0.3, 0.4) is 0 Å². The van der Waals surface area contributed by atoms with Crippen LogP contribution in [0.2, 0.25) is 10.0 Å². The number of benzene rings is 2. The van der Waals surface area contributed by atoms with Gasteiger partial charge < -0.3 is 5.32 Å². The fourth-order valence-corrected chi connectivity index (χ4v) is 3.47. The first-order valence-corrected chi connectivity index (χ1v) is 9.51. The highest BCUT2D eigenvalue weighted by atomic mass is 35.5. The van der Waals surface area contributed by atoms with Crippen molar-refractivity contribution in [3.8, 4) is 22.4 Å². The molecule has 4 rings (SSSR count). The van der Waals surface area contributed by atoms with Gasteiger partial charge in [0.25, 0.3) is 5.91 Å². The average molecular weight is 411 g/mol. The van der Waals surface area contributed by atoms with Gasteiger partial charge >= 0.3 is 0 Å². The van der Waals surface area contributed by atoms with E-state index in [1.807, 2.05) is 55.5 Å². The van der Waals surface area contributed by atoms with Crippen molar-refractivity contribution >= 4 is 34.8 Å². The molecule has 28 heavy (non-hydrogen) atoms. The Balaban J connectivity index is 2.02. The van der Waals surface area contributed by atoms with E-state index in [1.165, 1.54) is 6.20 Å². The van der Waals surface area contributed by atoms with Crippen LogP contribution >= 0.6 is 23.2 Å². The molecule has 0 saturated heterocycles. The number of hydrogen-bond acceptors (Lipinski definition) is 3. The first-order valence-electron chi connectivity index (χ1n) is 8.76. The summed E-state index contributed by atoms with van der Waals surface area (Å²) in [7, 11) is 0. The van der Waals surface area contributed by atoms with Crippen LogP contribution < -0.4 is 5.32 Å². The molecular weight excluding hydrogens is 395 g/mol. The van der Waals surface area contributed by atoms with Crippen molar-refractivity contribution in [2.75, 3.05) is 6.54 Å². The predicted octanol–water partition coefficient (Wildman–Crippen LogP) is 5.12. The maximum atomic E-state index is 12.4. The van der Waals surface area contributed by atoms with E-state index >= 15 is 0 Å². The molecule has 1 amide bonds. The van der Waals surface area contributed by atoms with Crippen molar-refractivity contribution in [2.45, 2.75) is 6.92 Å². The van der Waals surface area contributed by atoms with Gasteiger partial charge in [-0.15, -0.1) is 0 Å². The molecule has 0 bridgehead atoms. The molecule has 2 aromatic heterocycles. The zero-order valence-electron chi connectivity index (χ0n) is 15.0. The first-order chi connectivity index (χ1) is 13.6. The zero-order valence-corrected chi connectivity index (χ0v) is 16.5. The molecule has 2 aromatic carbocycles. The van der Waals surface area contributed by atoms with E-state index in [4.69, 9.17) is 23.2 Å². The Morgan fingerprint density at radius 2 is 1.79 bits per heavy atom. The quantitative estimate of drug-likeness (QED) is 0.507. The van der Waals surface area contributed by atoms with Crippen molar-refractivity contribution in [1.82, 2.24) is 19.9 Å². The molecule has 0 spiro atoms. The van der Waals surface area contributed by atoms with Crippen LogP contribution in [-0.2, 0) is 0 Å². The van der Waals surface area contributed by atoms with Crippen molar-refractivity contribution in [1.29, 1.82) is 0 Å². The van der Waals surface area contributed by atoms with Crippen LogP contribution in [0.5, 0.6) is 0 Å². The number of nitrogens with one attached hydrogen (secondary N) is 1. The second kappa shape index (κ2) is 7.62. The summed E-state index contributed by atoms with van der Waals surface area (Å²) in [5.41, 5.74) is 4.21. The maximum Gasteiger partial charge on any atom is 0.256 e. The number of carbonyl (C=O) groups excluding carboxylic acids is 1. The molecule has 7 heteroatoms. The van der Waals surface area contributed by atoms with Gasteiger partial charge in [0.15, 0.2) is 5.65 Å². The lowest BCUT2D eigenvalue weighted by Crippen LogP contribution is -2.22. The molecule has 0 unspecified atom stereocenters. The summed E-state index contributed by atoms with van der Waals surface area (Å²) in [4.78, 5) is 16.9. The fourth-order valence-electron chi connectivity index (χ4n) is 3.11. The van der Waals surface area contributed by atoms with Gasteiger partial charge in [-0.2, -0.15) is 5.10 Å². The van der Waals surface area contributed by atoms with Gasteiger partial charge in [-0.3, -0.25) is 4.79 Å². The highest BCUT2D eigenvalue weighted by Crippen LogP contribution is 2.36. The second-order valence-electron chi connectivity index (χ2n) is 6.16. The number of nitrogens with zero attached hydrogens (tertiary/aromatic N) is 3. The number of aromatic nitrogens is 3. The fraction of sp³-hybridized carbons (Fsp3) is 0.0952. The lowest BCUT2D eigenvalue weighted by atomic mass is 10.0. The summed E-state index contributed by atoms with van der Waals surface area (Å²) in [5.74, 6) is -0.211. The van der Waals surface area contributed by atoms with Gasteiger partial charge in [0, 0.05) is 39.5 Å². The Kier molecular flexibility index (Phi) is 5.03. The van der Waals surface area contributed by atoms with Crippen LogP contribution in [0, 0.1) is 0 Å². The molecule has 0 fully saturated rings. The van der Waals surface area contributed by atoms with E-state index < -0.39 is 0 Å². The minimum Gasteiger partial charge on any atom is -0.352 e. The third-order valence-corrected chi connectivity index (χ3v) is 4.97. The highest BCUT2D eigenvalue weighted by Gasteiger charge is 2.20. The molecule has 140 valence electrons. The van der Waals surface area contributed by atoms with Gasteiger partial charge in [0.05, 0.1) is 11.9 Å². The first kappa shape index (κ1) is 18.5. The molecule has 0 atom stereocenters. The molecule has 0 saturated carbocycles. The van der Waals surface area contributed by atoms with E-state index in [2.05, 4.69) is 15.4 Å². The lowest BCUT2D eigenvalue weighted by molar-refractivity contribution is 0.0957. The van der Waals surface area contributed by atoms with E-state index in [9.17, 15) is 4.79 Å². The normalized spacial score (nSPS) is 11.0.